The number of ether oxygens (including phenoxy) is 2. The van der Waals surface area contributed by atoms with Crippen LogP contribution in [0.15, 0.2) is 42.6 Å². The third-order valence-electron chi connectivity index (χ3n) is 5.30. The van der Waals surface area contributed by atoms with Crippen LogP contribution in [-0.4, -0.2) is 33.0 Å². The second kappa shape index (κ2) is 8.25. The zero-order chi connectivity index (χ0) is 23.1. The van der Waals surface area contributed by atoms with E-state index in [1.807, 2.05) is 19.1 Å². The average Bonchev–Trinajstić information content (AvgIpc) is 2.82. The highest BCUT2D eigenvalue weighted by Gasteiger charge is 2.24. The summed E-state index contributed by atoms with van der Waals surface area (Å²) in [7, 11) is 1.26. The summed E-state index contributed by atoms with van der Waals surface area (Å²) in [6.45, 7) is 2.08. The average molecular weight is 466 g/mol. The lowest BCUT2D eigenvalue weighted by atomic mass is 10.0. The molecule has 1 aliphatic heterocycles. The van der Waals surface area contributed by atoms with Crippen LogP contribution in [-0.2, 0) is 11.3 Å². The van der Waals surface area contributed by atoms with Crippen LogP contribution in [0.4, 0.5) is 10.1 Å². The van der Waals surface area contributed by atoms with Crippen molar-refractivity contribution >= 4 is 34.3 Å². The SMILES string of the molecule is COC(=O)c1nc(Cl)ccc1N[C@H](C)c1cc(F)cc2nc3c(nc12)-c1cccnc1CO3. The molecule has 3 aromatic heterocycles. The summed E-state index contributed by atoms with van der Waals surface area (Å²) in [5.41, 5.74) is 3.92. The largest absolute Gasteiger partial charge is 0.470 e. The van der Waals surface area contributed by atoms with Crippen LogP contribution in [0.5, 0.6) is 5.88 Å². The number of benzene rings is 1. The first-order valence-corrected chi connectivity index (χ1v) is 10.4. The van der Waals surface area contributed by atoms with E-state index in [2.05, 4.69) is 20.3 Å². The molecule has 33 heavy (non-hydrogen) atoms. The van der Waals surface area contributed by atoms with Gasteiger partial charge in [0, 0.05) is 23.4 Å². The Labute approximate surface area is 192 Å². The van der Waals surface area contributed by atoms with Crippen molar-refractivity contribution in [2.24, 2.45) is 0 Å². The summed E-state index contributed by atoms with van der Waals surface area (Å²) >= 11 is 5.95. The van der Waals surface area contributed by atoms with Crippen LogP contribution >= 0.6 is 11.6 Å². The molecule has 5 rings (SSSR count). The topological polar surface area (TPSA) is 99.1 Å². The summed E-state index contributed by atoms with van der Waals surface area (Å²) in [5, 5.41) is 3.34. The van der Waals surface area contributed by atoms with Crippen molar-refractivity contribution in [1.82, 2.24) is 19.9 Å². The number of rotatable bonds is 4. The number of aromatic nitrogens is 4. The van der Waals surface area contributed by atoms with Gasteiger partial charge >= 0.3 is 5.97 Å². The van der Waals surface area contributed by atoms with Crippen LogP contribution in [0.3, 0.4) is 0 Å². The quantitative estimate of drug-likeness (QED) is 0.341. The molecule has 0 fully saturated rings. The van der Waals surface area contributed by atoms with Crippen molar-refractivity contribution in [3.8, 4) is 17.1 Å². The van der Waals surface area contributed by atoms with Gasteiger partial charge in [0.15, 0.2) is 5.69 Å². The Morgan fingerprint density at radius 1 is 1.24 bits per heavy atom. The molecule has 1 N–H and O–H groups in total. The minimum Gasteiger partial charge on any atom is -0.470 e. The lowest BCUT2D eigenvalue weighted by Gasteiger charge is -2.21. The lowest BCUT2D eigenvalue weighted by Crippen LogP contribution is -2.15. The molecule has 4 heterocycles. The highest BCUT2D eigenvalue weighted by atomic mass is 35.5. The van der Waals surface area contributed by atoms with Gasteiger partial charge in [0.05, 0.1) is 35.6 Å². The van der Waals surface area contributed by atoms with Crippen LogP contribution < -0.4 is 10.1 Å². The fraction of sp³-hybridized carbons (Fsp3) is 0.174. The predicted molar refractivity (Wildman–Crippen MR) is 120 cm³/mol. The zero-order valence-corrected chi connectivity index (χ0v) is 18.4. The summed E-state index contributed by atoms with van der Waals surface area (Å²) in [6.07, 6.45) is 1.69. The first-order valence-electron chi connectivity index (χ1n) is 10.0. The van der Waals surface area contributed by atoms with E-state index in [1.54, 1.807) is 18.3 Å². The van der Waals surface area contributed by atoms with Crippen LogP contribution in [0.1, 0.15) is 34.7 Å². The van der Waals surface area contributed by atoms with Crippen molar-refractivity contribution in [3.05, 3.63) is 70.5 Å². The number of hydrogen-bond donors (Lipinski definition) is 1. The Morgan fingerprint density at radius 2 is 2.09 bits per heavy atom. The molecule has 0 radical (unpaired) electrons. The Morgan fingerprint density at radius 3 is 2.91 bits per heavy atom. The van der Waals surface area contributed by atoms with Crippen molar-refractivity contribution < 1.29 is 18.7 Å². The van der Waals surface area contributed by atoms with Gasteiger partial charge in [0.25, 0.3) is 0 Å². The molecule has 0 saturated carbocycles. The molecule has 0 spiro atoms. The van der Waals surface area contributed by atoms with Gasteiger partial charge < -0.3 is 14.8 Å². The maximum Gasteiger partial charge on any atom is 0.358 e. The molecule has 10 heteroatoms. The molecule has 0 bridgehead atoms. The molecule has 0 amide bonds. The van der Waals surface area contributed by atoms with Crippen molar-refractivity contribution in [2.75, 3.05) is 12.4 Å². The van der Waals surface area contributed by atoms with E-state index in [0.717, 1.165) is 11.3 Å². The number of pyridine rings is 2. The first kappa shape index (κ1) is 21.0. The highest BCUT2D eigenvalue weighted by molar-refractivity contribution is 6.29. The summed E-state index contributed by atoms with van der Waals surface area (Å²) < 4.78 is 25.0. The van der Waals surface area contributed by atoms with E-state index in [0.29, 0.717) is 33.9 Å². The molecular weight excluding hydrogens is 449 g/mol. The van der Waals surface area contributed by atoms with Crippen molar-refractivity contribution in [3.63, 3.8) is 0 Å². The maximum atomic E-state index is 14.5. The summed E-state index contributed by atoms with van der Waals surface area (Å²) in [6, 6.07) is 9.10. The van der Waals surface area contributed by atoms with Crippen LogP contribution in [0, 0.1) is 5.82 Å². The fourth-order valence-electron chi connectivity index (χ4n) is 3.76. The van der Waals surface area contributed by atoms with Crippen molar-refractivity contribution in [1.29, 1.82) is 0 Å². The molecule has 1 aromatic carbocycles. The Bertz CT molecular complexity index is 1410. The van der Waals surface area contributed by atoms with Gasteiger partial charge in [-0.05, 0) is 37.3 Å². The van der Waals surface area contributed by atoms with Gasteiger partial charge in [-0.1, -0.05) is 11.6 Å². The Hall–Kier alpha value is -3.85. The summed E-state index contributed by atoms with van der Waals surface area (Å²) in [5.74, 6) is -0.790. The third kappa shape index (κ3) is 3.80. The number of fused-ring (bicyclic) bond motifs is 4. The van der Waals surface area contributed by atoms with E-state index in [-0.39, 0.29) is 17.5 Å². The number of hydrogen-bond acceptors (Lipinski definition) is 8. The third-order valence-corrected chi connectivity index (χ3v) is 5.51. The number of nitrogens with zero attached hydrogens (tertiary/aromatic N) is 4. The number of carbonyl (C=O) groups excluding carboxylic acids is 1. The molecular formula is C23H17ClFN5O3. The predicted octanol–water partition coefficient (Wildman–Crippen LogP) is 4.73. The molecule has 1 aliphatic rings. The van der Waals surface area contributed by atoms with Gasteiger partial charge in [0.2, 0.25) is 5.88 Å². The maximum absolute atomic E-state index is 14.5. The normalized spacial score (nSPS) is 13.0. The minimum atomic E-state index is -0.647. The fourth-order valence-corrected chi connectivity index (χ4v) is 3.91. The number of nitrogens with one attached hydrogen (secondary N) is 1. The van der Waals surface area contributed by atoms with E-state index in [4.69, 9.17) is 26.1 Å². The van der Waals surface area contributed by atoms with Gasteiger partial charge in [0.1, 0.15) is 23.3 Å². The standard InChI is InChI=1S/C23H17ClFN5O3/c1-11(27-15-5-6-18(24)29-21(15)23(31)32-2)14-8-12(25)9-16-19(14)30-20-13-4-3-7-26-17(13)10-33-22(20)28-16/h3-9,11,27H,10H2,1-2H3/t11-/m1/s1. The monoisotopic (exact) mass is 465 g/mol. The molecule has 0 aliphatic carbocycles. The van der Waals surface area contributed by atoms with Gasteiger partial charge in [-0.3, -0.25) is 4.98 Å². The van der Waals surface area contributed by atoms with E-state index < -0.39 is 17.8 Å². The van der Waals surface area contributed by atoms with E-state index in [1.165, 1.54) is 19.2 Å². The number of methoxy groups -OCH3 is 1. The summed E-state index contributed by atoms with van der Waals surface area (Å²) in [4.78, 5) is 29.9. The smallest absolute Gasteiger partial charge is 0.358 e. The van der Waals surface area contributed by atoms with Gasteiger partial charge in [-0.25, -0.2) is 24.1 Å². The van der Waals surface area contributed by atoms with Crippen molar-refractivity contribution in [2.45, 2.75) is 19.6 Å². The molecule has 166 valence electrons. The molecule has 1 atom stereocenters. The molecule has 0 saturated heterocycles. The number of carbonyl (C=O) groups is 1. The minimum absolute atomic E-state index is 0.0226. The van der Waals surface area contributed by atoms with Gasteiger partial charge in [-0.15, -0.1) is 0 Å². The highest BCUT2D eigenvalue weighted by Crippen LogP contribution is 2.37. The number of anilines is 1. The van der Waals surface area contributed by atoms with Crippen LogP contribution in [0.2, 0.25) is 5.15 Å². The number of halogens is 2. The molecule has 4 aromatic rings. The van der Waals surface area contributed by atoms with Crippen LogP contribution in [0.25, 0.3) is 22.3 Å². The van der Waals surface area contributed by atoms with E-state index >= 15 is 0 Å². The zero-order valence-electron chi connectivity index (χ0n) is 17.6. The first-order chi connectivity index (χ1) is 15.9. The van der Waals surface area contributed by atoms with Gasteiger partial charge in [-0.2, -0.15) is 0 Å². The lowest BCUT2D eigenvalue weighted by molar-refractivity contribution is 0.0595. The second-order valence-electron chi connectivity index (χ2n) is 7.41. The van der Waals surface area contributed by atoms with E-state index in [9.17, 15) is 9.18 Å². The molecule has 8 nitrogen and oxygen atoms in total. The molecule has 0 unspecified atom stereocenters. The Balaban J connectivity index is 1.61. The second-order valence-corrected chi connectivity index (χ2v) is 7.80. The number of esters is 1. The Kier molecular flexibility index (Phi) is 5.26.